The molecule has 2 saturated heterocycles. The molecule has 39 nitrogen and oxygen atoms in total. The molecule has 0 radical (unpaired) electrons. The van der Waals surface area contributed by atoms with Crippen LogP contribution in [0.2, 0.25) is 0 Å². The second-order valence-corrected chi connectivity index (χ2v) is 38.1. The first-order valence-corrected chi connectivity index (χ1v) is 50.4. The SMILES string of the molecule is CCCCN(C)C(=O)c1cc(-c2nnc(C(=O)NCC)n2-c2ccc(CC3CCN(C(=O)Oc4ccc5nc6c(c(CC)c5c4)Cn4c-6cc5c(c4=O)COC(=O)C5(O)CC)CC3)cc2)c(O)cc1O.CCCCN(C)C(=O)c1cc(-c2nnc(C(=O)NCC)n2-c2ccc(CC3CCNCC3)cc2)c(O)cc1O.CCc1c2c(nc3ccc(OC(=O)c4ccc([N+](=O)[O-])cc4)cc13)-c1cc3c(c(=O)n1C2)COC(=O)C3(O)CC.Cl. The number of phenolic OH excluding ortho intramolecular Hbond substituents is 4. The molecule has 2 unspecified atom stereocenters. The molecule has 5 amide bonds. The minimum absolute atomic E-state index is 0. The van der Waals surface area contributed by atoms with Gasteiger partial charge in [-0.3, -0.25) is 48.0 Å². The molecule has 6 aliphatic rings. The lowest BCUT2D eigenvalue weighted by Crippen LogP contribution is -2.44. The quantitative estimate of drug-likeness (QED) is 0.00951. The van der Waals surface area contributed by atoms with Gasteiger partial charge in [0.1, 0.15) is 47.7 Å². The monoisotopic (exact) mass is 2060 g/mol. The van der Waals surface area contributed by atoms with E-state index in [2.05, 4.69) is 36.3 Å². The Morgan fingerprint density at radius 3 is 1.34 bits per heavy atom. The number of pyridine rings is 4. The maximum absolute atomic E-state index is 13.8. The molecule has 2 fully saturated rings. The van der Waals surface area contributed by atoms with Crippen LogP contribution in [0.25, 0.3) is 78.7 Å². The van der Waals surface area contributed by atoms with E-state index in [9.17, 15) is 88.7 Å². The normalized spacial score (nSPS) is 15.8. The fourth-order valence-corrected chi connectivity index (χ4v) is 20.3. The maximum atomic E-state index is 13.8. The number of carbonyl (C=O) groups is 8. The van der Waals surface area contributed by atoms with Gasteiger partial charge in [0.2, 0.25) is 11.6 Å². The van der Waals surface area contributed by atoms with Gasteiger partial charge in [-0.25, -0.2) is 29.1 Å². The molecule has 40 heteroatoms. The number of esters is 3. The number of likely N-dealkylation sites (tertiary alicyclic amines) is 1. The van der Waals surface area contributed by atoms with Gasteiger partial charge < -0.3 is 89.4 Å². The van der Waals surface area contributed by atoms with E-state index in [1.165, 1.54) is 56.3 Å². The predicted octanol–water partition coefficient (Wildman–Crippen LogP) is 14.1. The van der Waals surface area contributed by atoms with Gasteiger partial charge >= 0.3 is 24.0 Å². The summed E-state index contributed by atoms with van der Waals surface area (Å²) in [5.41, 5.74) is 7.42. The number of halogens is 1. The first kappa shape index (κ1) is 107. The van der Waals surface area contributed by atoms with Crippen molar-refractivity contribution in [3.05, 3.63) is 260 Å². The Morgan fingerprint density at radius 2 is 0.940 bits per heavy atom. The lowest BCUT2D eigenvalue weighted by Gasteiger charge is -2.31. The van der Waals surface area contributed by atoms with Crippen molar-refractivity contribution in [3.63, 3.8) is 0 Å². The number of fused-ring (bicyclic) bond motifs is 10. The summed E-state index contributed by atoms with van der Waals surface area (Å²) >= 11 is 0. The number of nitro groups is 1. The number of phenols is 4. The molecule has 0 spiro atoms. The maximum Gasteiger partial charge on any atom is 0.415 e. The van der Waals surface area contributed by atoms with E-state index < -0.39 is 57.8 Å². The van der Waals surface area contributed by atoms with Crippen LogP contribution in [0.15, 0.2) is 155 Å². The average Bonchev–Trinajstić information content (AvgIpc) is 1.55. The van der Waals surface area contributed by atoms with Crippen LogP contribution in [0, 0.1) is 22.0 Å². The smallest absolute Gasteiger partial charge is 0.415 e. The molecule has 150 heavy (non-hydrogen) atoms. The molecule has 9 N–H and O–H groups in total. The number of hydrogen-bond acceptors (Lipinski definition) is 29. The Balaban J connectivity index is 0.000000171. The van der Waals surface area contributed by atoms with Crippen molar-refractivity contribution in [1.29, 1.82) is 0 Å². The lowest BCUT2D eigenvalue weighted by molar-refractivity contribution is -0.384. The van der Waals surface area contributed by atoms with E-state index in [1.54, 1.807) is 95.9 Å². The zero-order valence-corrected chi connectivity index (χ0v) is 85.6. The number of amides is 5. The fourth-order valence-electron chi connectivity index (χ4n) is 20.3. The minimum Gasteiger partial charge on any atom is -0.507 e. The summed E-state index contributed by atoms with van der Waals surface area (Å²) < 4.78 is 28.2. The number of ether oxygens (including phenoxy) is 4. The fraction of sp³-hybridized carbons (Fsp3) is 0.364. The molecule has 7 aromatic carbocycles. The van der Waals surface area contributed by atoms with Crippen LogP contribution >= 0.6 is 12.4 Å². The van der Waals surface area contributed by atoms with Crippen LogP contribution in [0.5, 0.6) is 34.5 Å². The largest absolute Gasteiger partial charge is 0.507 e. The van der Waals surface area contributed by atoms with Crippen LogP contribution < -0.4 is 36.5 Å². The zero-order valence-electron chi connectivity index (χ0n) is 84.8. The number of benzene rings is 7. The molecule has 12 heterocycles. The molecule has 0 bridgehead atoms. The molecular weight excluding hydrogens is 1950 g/mol. The summed E-state index contributed by atoms with van der Waals surface area (Å²) in [6, 6.07) is 39.3. The zero-order chi connectivity index (χ0) is 106. The van der Waals surface area contributed by atoms with Crippen molar-refractivity contribution in [2.45, 2.75) is 183 Å². The first-order chi connectivity index (χ1) is 71.7. The van der Waals surface area contributed by atoms with E-state index in [1.807, 2.05) is 89.2 Å². The van der Waals surface area contributed by atoms with Crippen molar-refractivity contribution in [1.82, 2.24) is 79.3 Å². The Morgan fingerprint density at radius 1 is 0.520 bits per heavy atom. The highest BCUT2D eigenvalue weighted by Crippen LogP contribution is 2.46. The molecule has 0 aliphatic carbocycles. The van der Waals surface area contributed by atoms with Crippen molar-refractivity contribution < 1.29 is 92.9 Å². The molecular formula is C110H118ClN17O22. The summed E-state index contributed by atoms with van der Waals surface area (Å²) in [6.07, 6.45) is 9.78. The van der Waals surface area contributed by atoms with Crippen LogP contribution in [0.3, 0.4) is 0 Å². The van der Waals surface area contributed by atoms with Crippen molar-refractivity contribution >= 4 is 87.5 Å². The summed E-state index contributed by atoms with van der Waals surface area (Å²) in [5, 5.41) is 104. The topological polar surface area (TPSA) is 515 Å². The number of piperidine rings is 2. The number of carbonyl (C=O) groups excluding carboxylic acids is 8. The third kappa shape index (κ3) is 20.8. The van der Waals surface area contributed by atoms with Gasteiger partial charge in [-0.1, -0.05) is 78.6 Å². The van der Waals surface area contributed by atoms with Gasteiger partial charge in [-0.05, 0) is 235 Å². The van der Waals surface area contributed by atoms with Crippen LogP contribution in [0.4, 0.5) is 10.5 Å². The highest BCUT2D eigenvalue weighted by Gasteiger charge is 2.48. The number of nitrogens with one attached hydrogen (secondary N) is 3. The third-order valence-electron chi connectivity index (χ3n) is 28.7. The lowest BCUT2D eigenvalue weighted by atomic mass is 9.86. The number of cyclic esters (lactones) is 2. The summed E-state index contributed by atoms with van der Waals surface area (Å²) in [6.45, 7) is 19.9. The Hall–Kier alpha value is -16.1. The number of aliphatic hydroxyl groups is 2. The highest BCUT2D eigenvalue weighted by atomic mass is 35.5. The van der Waals surface area contributed by atoms with Crippen molar-refractivity contribution in [2.75, 3.05) is 66.5 Å². The van der Waals surface area contributed by atoms with E-state index in [4.69, 9.17) is 28.9 Å². The van der Waals surface area contributed by atoms with Gasteiger partial charge in [0.15, 0.2) is 22.9 Å². The highest BCUT2D eigenvalue weighted by molar-refractivity contribution is 6.01. The van der Waals surface area contributed by atoms with Gasteiger partial charge in [-0.2, -0.15) is 0 Å². The number of aromatic nitrogens is 10. The number of unbranched alkanes of at least 4 members (excludes halogenated alkanes) is 2. The number of nitrogens with zero attached hydrogens (tertiary/aromatic N) is 14. The predicted molar refractivity (Wildman–Crippen MR) is 556 cm³/mol. The van der Waals surface area contributed by atoms with Gasteiger partial charge in [0.05, 0.1) is 90.8 Å². The molecule has 782 valence electrons. The van der Waals surface area contributed by atoms with Gasteiger partial charge in [0, 0.05) is 122 Å². The summed E-state index contributed by atoms with van der Waals surface area (Å²) in [4.78, 5) is 156. The average molecular weight is 2070 g/mol. The second-order valence-electron chi connectivity index (χ2n) is 38.1. The number of aromatic hydroxyl groups is 4. The molecule has 6 aromatic heterocycles. The van der Waals surface area contributed by atoms with Crippen molar-refractivity contribution in [3.8, 4) is 91.4 Å². The summed E-state index contributed by atoms with van der Waals surface area (Å²) in [7, 11) is 3.32. The second kappa shape index (κ2) is 44.9. The minimum atomic E-state index is -1.92. The van der Waals surface area contributed by atoms with Crippen LogP contribution in [-0.2, 0) is 82.3 Å². The van der Waals surface area contributed by atoms with E-state index in [0.29, 0.717) is 109 Å². The number of rotatable bonds is 28. The van der Waals surface area contributed by atoms with E-state index >= 15 is 0 Å². The standard InChI is InChI=1S/C52H56N8O10.C29H38N6O4.C29H23N3O8.ClH/c1-6-10-19-57(5)48(64)36-24-35(42(61)26-43(36)62)45-55-56-46(47(63)53-9-4)60(45)31-13-11-29(12-14-31)22-30-17-20-58(21-18-30)51(67)70-32-15-16-40-34(23-32)33(7-2)37-27-59-41(44(37)54-40)25-39-38(49(59)65)28-69-50(66)52(39,68)8-3;1-4-6-15-34(3)29(39)23-17-22(24(36)18-25(23)37)26-32-33-27(28(38)31-5-2)35(26)21-9-7-19(8-10-21)16-20-11-13-30-14-12-20;1-3-18-19-11-17(40-27(34)15-5-7-16(8-6-15)32(37)38)9-10-23(19)30-25-20(18)13-31-24(25)12-22-21(26(31)33)14-39-28(35)29(22,36)4-2;/h11-16,23-26,30,61-62,68H,6-10,17-22,27-28H2,1-5H3,(H,53,63);7-10,17-18,20,30,36-37H,4-6,11-16H2,1-3H3,(H,31,38);5-12,36H,3-4,13-14H2,1-2H3;1H. The Labute approximate surface area is 867 Å². The number of aryl methyl sites for hydroxylation is 2. The van der Waals surface area contributed by atoms with Crippen LogP contribution in [0.1, 0.15) is 228 Å². The number of nitro benzene ring substituents is 1. The number of hydrogen-bond donors (Lipinski definition) is 9. The molecule has 2 atom stereocenters. The van der Waals surface area contributed by atoms with Gasteiger partial charge in [-0.15, -0.1) is 32.8 Å². The van der Waals surface area contributed by atoms with E-state index in [-0.39, 0.29) is 182 Å². The third-order valence-corrected chi connectivity index (χ3v) is 28.7. The molecule has 6 aliphatic heterocycles. The van der Waals surface area contributed by atoms with Crippen molar-refractivity contribution in [2.24, 2.45) is 11.8 Å². The van der Waals surface area contributed by atoms with E-state index in [0.717, 1.165) is 128 Å². The first-order valence-electron chi connectivity index (χ1n) is 50.4. The Kier molecular flexibility index (Phi) is 31.9. The van der Waals surface area contributed by atoms with Crippen LogP contribution in [-0.4, -0.2) is 213 Å². The molecule has 13 aromatic rings. The molecule has 19 rings (SSSR count). The Bertz CT molecular complexity index is 7620. The van der Waals surface area contributed by atoms with Gasteiger partial charge in [0.25, 0.3) is 40.4 Å². The summed E-state index contributed by atoms with van der Waals surface area (Å²) in [5.74, 6) is -3.36. The molecule has 0 saturated carbocycles. The number of non-ortho nitro benzene ring substituents is 1.